The molecule has 4 rings (SSSR count). The fraction of sp³-hybridized carbons (Fsp3) is 0.353. The molecule has 1 unspecified atom stereocenters. The maximum absolute atomic E-state index is 4.59. The average Bonchev–Trinajstić information content (AvgIpc) is 2.97. The van der Waals surface area contributed by atoms with E-state index in [4.69, 9.17) is 0 Å². The number of aromatic nitrogens is 4. The molecule has 0 spiro atoms. The highest BCUT2D eigenvalue weighted by molar-refractivity contribution is 5.86. The number of fused-ring (bicyclic) bond motifs is 1. The van der Waals surface area contributed by atoms with Gasteiger partial charge in [-0.15, -0.1) is 0 Å². The number of nitrogens with zero attached hydrogens (tertiary/aromatic N) is 6. The first-order chi connectivity index (χ1) is 11.2. The number of hydrogen-bond acceptors (Lipinski definition) is 5. The summed E-state index contributed by atoms with van der Waals surface area (Å²) < 4.78 is 1.80. The van der Waals surface area contributed by atoms with Crippen LogP contribution in [0.3, 0.4) is 0 Å². The van der Waals surface area contributed by atoms with Crippen LogP contribution in [-0.2, 0) is 7.05 Å². The highest BCUT2D eigenvalue weighted by Crippen LogP contribution is 2.32. The number of piperazine rings is 1. The zero-order valence-corrected chi connectivity index (χ0v) is 13.4. The summed E-state index contributed by atoms with van der Waals surface area (Å²) in [5, 5.41) is 5.36. The molecule has 3 heterocycles. The van der Waals surface area contributed by atoms with E-state index in [1.807, 2.05) is 13.2 Å². The van der Waals surface area contributed by atoms with E-state index in [1.54, 1.807) is 11.0 Å². The maximum Gasteiger partial charge on any atom is 0.163 e. The second kappa shape index (κ2) is 5.62. The minimum absolute atomic E-state index is 0.285. The van der Waals surface area contributed by atoms with Crippen molar-refractivity contribution in [3.63, 3.8) is 0 Å². The summed E-state index contributed by atoms with van der Waals surface area (Å²) in [5.41, 5.74) is 2.19. The van der Waals surface area contributed by atoms with Crippen LogP contribution < -0.4 is 4.90 Å². The molecule has 118 valence electrons. The topological polar surface area (TPSA) is 50.1 Å². The number of hydrogen-bond donors (Lipinski definition) is 0. The minimum atomic E-state index is 0.285. The lowest BCUT2D eigenvalue weighted by Crippen LogP contribution is -2.47. The van der Waals surface area contributed by atoms with Crippen molar-refractivity contribution in [1.29, 1.82) is 0 Å². The molecule has 23 heavy (non-hydrogen) atoms. The van der Waals surface area contributed by atoms with E-state index >= 15 is 0 Å². The van der Waals surface area contributed by atoms with Crippen LogP contribution in [0.1, 0.15) is 11.6 Å². The predicted octanol–water partition coefficient (Wildman–Crippen LogP) is 1.86. The van der Waals surface area contributed by atoms with E-state index in [0.29, 0.717) is 0 Å². The Morgan fingerprint density at radius 1 is 1.04 bits per heavy atom. The van der Waals surface area contributed by atoms with Crippen LogP contribution >= 0.6 is 0 Å². The molecule has 1 saturated heterocycles. The van der Waals surface area contributed by atoms with Crippen molar-refractivity contribution in [2.75, 3.05) is 31.6 Å². The van der Waals surface area contributed by atoms with Crippen LogP contribution in [0.15, 0.2) is 42.9 Å². The van der Waals surface area contributed by atoms with Crippen molar-refractivity contribution >= 4 is 16.9 Å². The van der Waals surface area contributed by atoms with Gasteiger partial charge < -0.3 is 9.80 Å². The molecule has 3 aromatic rings. The Balaban J connectivity index is 1.81. The van der Waals surface area contributed by atoms with E-state index in [9.17, 15) is 0 Å². The Bertz CT molecular complexity index is 812. The molecule has 2 aromatic heterocycles. The second-order valence-corrected chi connectivity index (χ2v) is 6.08. The zero-order valence-electron chi connectivity index (χ0n) is 13.4. The second-order valence-electron chi connectivity index (χ2n) is 6.08. The summed E-state index contributed by atoms with van der Waals surface area (Å²) in [4.78, 5) is 13.7. The Kier molecular flexibility index (Phi) is 3.46. The van der Waals surface area contributed by atoms with Crippen LogP contribution in [0, 0.1) is 0 Å². The van der Waals surface area contributed by atoms with Crippen molar-refractivity contribution in [3.05, 3.63) is 48.4 Å². The first kappa shape index (κ1) is 14.1. The van der Waals surface area contributed by atoms with Gasteiger partial charge in [0.2, 0.25) is 0 Å². The molecule has 1 aliphatic rings. The Morgan fingerprint density at radius 3 is 2.70 bits per heavy atom. The van der Waals surface area contributed by atoms with Crippen molar-refractivity contribution < 1.29 is 0 Å². The lowest BCUT2D eigenvalue weighted by molar-refractivity contribution is 0.268. The van der Waals surface area contributed by atoms with E-state index in [2.05, 4.69) is 62.2 Å². The van der Waals surface area contributed by atoms with Crippen LogP contribution in [0.4, 0.5) is 5.82 Å². The van der Waals surface area contributed by atoms with Crippen LogP contribution in [-0.4, -0.2) is 51.3 Å². The lowest BCUT2D eigenvalue weighted by Gasteiger charge is -2.41. The Labute approximate surface area is 135 Å². The van der Waals surface area contributed by atoms with Crippen LogP contribution in [0.25, 0.3) is 11.0 Å². The first-order valence-corrected chi connectivity index (χ1v) is 7.87. The molecule has 1 atom stereocenters. The molecular weight excluding hydrogens is 288 g/mol. The first-order valence-electron chi connectivity index (χ1n) is 7.87. The Morgan fingerprint density at radius 2 is 1.87 bits per heavy atom. The van der Waals surface area contributed by atoms with Gasteiger partial charge >= 0.3 is 0 Å². The summed E-state index contributed by atoms with van der Waals surface area (Å²) in [6, 6.07) is 10.9. The molecule has 0 aliphatic carbocycles. The fourth-order valence-corrected chi connectivity index (χ4v) is 3.31. The van der Waals surface area contributed by atoms with E-state index < -0.39 is 0 Å². The third-order valence-corrected chi connectivity index (χ3v) is 4.55. The van der Waals surface area contributed by atoms with Crippen molar-refractivity contribution in [2.24, 2.45) is 7.05 Å². The molecular formula is C17H20N6. The number of benzene rings is 1. The molecule has 0 amide bonds. The number of rotatable bonds is 2. The van der Waals surface area contributed by atoms with Gasteiger partial charge in [-0.2, -0.15) is 5.10 Å². The van der Waals surface area contributed by atoms with Gasteiger partial charge in [0.05, 0.1) is 17.6 Å². The van der Waals surface area contributed by atoms with Gasteiger partial charge in [-0.05, 0) is 12.6 Å². The third kappa shape index (κ3) is 2.45. The van der Waals surface area contributed by atoms with Gasteiger partial charge in [0.25, 0.3) is 0 Å². The highest BCUT2D eigenvalue weighted by Gasteiger charge is 2.29. The summed E-state index contributed by atoms with van der Waals surface area (Å²) in [7, 11) is 4.09. The predicted molar refractivity (Wildman–Crippen MR) is 90.3 cm³/mol. The molecule has 0 saturated carbocycles. The van der Waals surface area contributed by atoms with Gasteiger partial charge in [0.15, 0.2) is 5.65 Å². The fourth-order valence-electron chi connectivity index (χ4n) is 3.31. The monoisotopic (exact) mass is 308 g/mol. The number of aryl methyl sites for hydroxylation is 1. The highest BCUT2D eigenvalue weighted by atomic mass is 15.3. The summed E-state index contributed by atoms with van der Waals surface area (Å²) in [6.07, 6.45) is 3.50. The number of anilines is 1. The van der Waals surface area contributed by atoms with Crippen molar-refractivity contribution in [3.8, 4) is 0 Å². The summed E-state index contributed by atoms with van der Waals surface area (Å²) in [6.45, 7) is 2.95. The average molecular weight is 308 g/mol. The maximum atomic E-state index is 4.59. The Hall–Kier alpha value is -2.47. The minimum Gasteiger partial charge on any atom is -0.346 e. The lowest BCUT2D eigenvalue weighted by atomic mass is 10.0. The zero-order chi connectivity index (χ0) is 15.8. The van der Waals surface area contributed by atoms with Gasteiger partial charge in [-0.25, -0.2) is 9.97 Å². The summed E-state index contributed by atoms with van der Waals surface area (Å²) in [5.74, 6) is 0.977. The number of likely N-dealkylation sites (N-methyl/N-ethyl adjacent to an activating group) is 1. The normalized spacial score (nSPS) is 19.4. The SMILES string of the molecule is CN1CCN(c2ncnc3c2cnn3C)C(c2ccccc2)C1. The molecule has 6 heteroatoms. The molecule has 1 fully saturated rings. The van der Waals surface area contributed by atoms with Gasteiger partial charge in [0.1, 0.15) is 12.1 Å². The summed E-state index contributed by atoms with van der Waals surface area (Å²) >= 11 is 0. The third-order valence-electron chi connectivity index (χ3n) is 4.55. The van der Waals surface area contributed by atoms with Crippen LogP contribution in [0.5, 0.6) is 0 Å². The molecule has 6 nitrogen and oxygen atoms in total. The van der Waals surface area contributed by atoms with Gasteiger partial charge in [-0.3, -0.25) is 4.68 Å². The molecule has 1 aliphatic heterocycles. The molecule has 0 bridgehead atoms. The quantitative estimate of drug-likeness (QED) is 0.723. The van der Waals surface area contributed by atoms with Crippen molar-refractivity contribution in [2.45, 2.75) is 6.04 Å². The molecule has 0 N–H and O–H groups in total. The van der Waals surface area contributed by atoms with E-state index in [0.717, 1.165) is 36.5 Å². The smallest absolute Gasteiger partial charge is 0.163 e. The van der Waals surface area contributed by atoms with Crippen molar-refractivity contribution in [1.82, 2.24) is 24.6 Å². The molecule has 1 aromatic carbocycles. The van der Waals surface area contributed by atoms with Gasteiger partial charge in [0, 0.05) is 26.7 Å². The largest absolute Gasteiger partial charge is 0.346 e. The van der Waals surface area contributed by atoms with Gasteiger partial charge in [-0.1, -0.05) is 30.3 Å². The molecule has 0 radical (unpaired) electrons. The standard InChI is InChI=1S/C17H20N6/c1-21-8-9-23(15(11-21)13-6-4-3-5-7-13)17-14-10-20-22(2)16(14)18-12-19-17/h3-7,10,12,15H,8-9,11H2,1-2H3. The van der Waals surface area contributed by atoms with E-state index in [-0.39, 0.29) is 6.04 Å². The van der Waals surface area contributed by atoms with Crippen LogP contribution in [0.2, 0.25) is 0 Å². The van der Waals surface area contributed by atoms with E-state index in [1.165, 1.54) is 5.56 Å².